The van der Waals surface area contributed by atoms with Gasteiger partial charge in [-0.05, 0) is 52.5 Å². The predicted octanol–water partition coefficient (Wildman–Crippen LogP) is 5.04. The summed E-state index contributed by atoms with van der Waals surface area (Å²) < 4.78 is 1.09. The first-order valence-corrected chi connectivity index (χ1v) is 8.46. The molecule has 21 heavy (non-hydrogen) atoms. The van der Waals surface area contributed by atoms with Crippen molar-refractivity contribution in [1.82, 2.24) is 4.90 Å². The number of nitrogens with zero attached hydrogens (tertiary/aromatic N) is 1. The molecule has 0 spiro atoms. The molecule has 0 aliphatic heterocycles. The Bertz CT molecular complexity index is 657. The van der Waals surface area contributed by atoms with Crippen LogP contribution in [-0.4, -0.2) is 24.9 Å². The molecule has 112 valence electrons. The highest BCUT2D eigenvalue weighted by Gasteiger charge is 2.15. The van der Waals surface area contributed by atoms with E-state index in [1.165, 1.54) is 9.78 Å². The van der Waals surface area contributed by atoms with Crippen molar-refractivity contribution in [3.8, 4) is 0 Å². The summed E-state index contributed by atoms with van der Waals surface area (Å²) in [5.41, 5.74) is 1.38. The van der Waals surface area contributed by atoms with Crippen molar-refractivity contribution in [2.24, 2.45) is 0 Å². The second-order valence-corrected chi connectivity index (χ2v) is 7.10. The van der Waals surface area contributed by atoms with Crippen molar-refractivity contribution in [2.45, 2.75) is 13.0 Å². The number of thiophene rings is 1. The van der Waals surface area contributed by atoms with Gasteiger partial charge in [0, 0.05) is 29.1 Å². The topological polar surface area (TPSA) is 32.3 Å². The lowest BCUT2D eigenvalue weighted by molar-refractivity contribution is 0.0828. The molecule has 1 aromatic heterocycles. The fourth-order valence-corrected chi connectivity index (χ4v) is 3.87. The van der Waals surface area contributed by atoms with Crippen molar-refractivity contribution in [3.63, 3.8) is 0 Å². The van der Waals surface area contributed by atoms with E-state index in [2.05, 4.69) is 28.2 Å². The largest absolute Gasteiger partial charge is 0.378 e. The molecule has 2 rings (SSSR count). The summed E-state index contributed by atoms with van der Waals surface area (Å²) in [6.07, 6.45) is 0. The molecular formula is C15H16BrClN2OS. The average molecular weight is 388 g/mol. The highest BCUT2D eigenvalue weighted by Crippen LogP contribution is 2.32. The molecule has 1 atom stereocenters. The van der Waals surface area contributed by atoms with Crippen LogP contribution in [-0.2, 0) is 0 Å². The Morgan fingerprint density at radius 3 is 2.67 bits per heavy atom. The monoisotopic (exact) mass is 386 g/mol. The van der Waals surface area contributed by atoms with Crippen molar-refractivity contribution < 1.29 is 4.79 Å². The Morgan fingerprint density at radius 1 is 1.38 bits per heavy atom. The van der Waals surface area contributed by atoms with Crippen LogP contribution in [0.1, 0.15) is 28.2 Å². The van der Waals surface area contributed by atoms with Crippen molar-refractivity contribution in [1.29, 1.82) is 0 Å². The Kier molecular flexibility index (Phi) is 5.30. The lowest BCUT2D eigenvalue weighted by Gasteiger charge is -2.17. The van der Waals surface area contributed by atoms with Crippen LogP contribution < -0.4 is 5.32 Å². The summed E-state index contributed by atoms with van der Waals surface area (Å²) in [4.78, 5) is 14.8. The van der Waals surface area contributed by atoms with E-state index < -0.39 is 0 Å². The van der Waals surface area contributed by atoms with Crippen molar-refractivity contribution in [3.05, 3.63) is 49.6 Å². The normalized spacial score (nSPS) is 12.0. The third-order valence-electron chi connectivity index (χ3n) is 3.02. The summed E-state index contributed by atoms with van der Waals surface area (Å²) in [6, 6.07) is 7.59. The number of carbonyl (C=O) groups is 1. The second-order valence-electron chi connectivity index (χ2n) is 4.89. The van der Waals surface area contributed by atoms with Gasteiger partial charge in [0.1, 0.15) is 0 Å². The van der Waals surface area contributed by atoms with Gasteiger partial charge >= 0.3 is 0 Å². The molecule has 0 fully saturated rings. The third kappa shape index (κ3) is 3.78. The maximum Gasteiger partial charge on any atom is 0.254 e. The number of benzene rings is 1. The zero-order valence-electron chi connectivity index (χ0n) is 12.0. The first kappa shape index (κ1) is 16.3. The van der Waals surface area contributed by atoms with Crippen LogP contribution >= 0.6 is 38.9 Å². The molecule has 6 heteroatoms. The number of anilines is 1. The zero-order valence-corrected chi connectivity index (χ0v) is 15.1. The van der Waals surface area contributed by atoms with Crippen molar-refractivity contribution in [2.75, 3.05) is 19.4 Å². The van der Waals surface area contributed by atoms with Gasteiger partial charge in [0.25, 0.3) is 5.91 Å². The summed E-state index contributed by atoms with van der Waals surface area (Å²) >= 11 is 11.3. The van der Waals surface area contributed by atoms with E-state index >= 15 is 0 Å². The number of halogens is 2. The number of hydrogen-bond donors (Lipinski definition) is 1. The van der Waals surface area contributed by atoms with Gasteiger partial charge in [-0.15, -0.1) is 11.3 Å². The molecule has 0 radical (unpaired) electrons. The fraction of sp³-hybridized carbons (Fsp3) is 0.267. The fourth-order valence-electron chi connectivity index (χ4n) is 1.95. The van der Waals surface area contributed by atoms with Crippen LogP contribution in [0.3, 0.4) is 0 Å². The molecule has 1 unspecified atom stereocenters. The van der Waals surface area contributed by atoms with E-state index in [9.17, 15) is 4.79 Å². The molecule has 0 aliphatic rings. The second kappa shape index (κ2) is 6.81. The van der Waals surface area contributed by atoms with Crippen LogP contribution in [0, 0.1) is 0 Å². The highest BCUT2D eigenvalue weighted by molar-refractivity contribution is 9.10. The quantitative estimate of drug-likeness (QED) is 0.797. The van der Waals surface area contributed by atoms with Crippen LogP contribution in [0.25, 0.3) is 0 Å². The maximum atomic E-state index is 12.1. The van der Waals surface area contributed by atoms with Crippen LogP contribution in [0.15, 0.2) is 34.1 Å². The first-order chi connectivity index (χ1) is 9.90. The predicted molar refractivity (Wildman–Crippen MR) is 93.5 cm³/mol. The Balaban J connectivity index is 2.24. The van der Waals surface area contributed by atoms with Crippen LogP contribution in [0.4, 0.5) is 5.69 Å². The smallest absolute Gasteiger partial charge is 0.254 e. The van der Waals surface area contributed by atoms with Gasteiger partial charge in [-0.3, -0.25) is 4.79 Å². The summed E-state index contributed by atoms with van der Waals surface area (Å²) in [5, 5.41) is 5.90. The highest BCUT2D eigenvalue weighted by atomic mass is 79.9. The Morgan fingerprint density at radius 2 is 2.10 bits per heavy atom. The molecule has 0 saturated heterocycles. The van der Waals surface area contributed by atoms with E-state index in [-0.39, 0.29) is 11.9 Å². The van der Waals surface area contributed by atoms with Gasteiger partial charge in [0.2, 0.25) is 0 Å². The number of rotatable bonds is 4. The molecule has 1 N–H and O–H groups in total. The third-order valence-corrected chi connectivity index (χ3v) is 5.41. The summed E-state index contributed by atoms with van der Waals surface area (Å²) in [6.45, 7) is 2.08. The average Bonchev–Trinajstić information content (AvgIpc) is 2.86. The lowest BCUT2D eigenvalue weighted by Crippen LogP contribution is -2.22. The molecule has 2 aromatic rings. The van der Waals surface area contributed by atoms with Crippen molar-refractivity contribution >= 4 is 50.5 Å². The van der Waals surface area contributed by atoms with Gasteiger partial charge in [-0.25, -0.2) is 0 Å². The maximum absolute atomic E-state index is 12.1. The number of nitrogens with one attached hydrogen (secondary N) is 1. The van der Waals surface area contributed by atoms with Gasteiger partial charge < -0.3 is 10.2 Å². The van der Waals surface area contributed by atoms with Gasteiger partial charge in [-0.2, -0.15) is 0 Å². The Hall–Kier alpha value is -1.04. The SMILES string of the molecule is CC(Nc1ccc(Cl)c(C(=O)N(C)C)c1)c1sccc1Br. The molecule has 1 aromatic carbocycles. The molecule has 3 nitrogen and oxygen atoms in total. The van der Waals surface area contributed by atoms with E-state index in [1.54, 1.807) is 37.6 Å². The zero-order chi connectivity index (χ0) is 15.6. The van der Waals surface area contributed by atoms with Gasteiger partial charge in [0.15, 0.2) is 0 Å². The molecule has 1 amide bonds. The lowest BCUT2D eigenvalue weighted by atomic mass is 10.1. The summed E-state index contributed by atoms with van der Waals surface area (Å²) in [7, 11) is 3.42. The minimum absolute atomic E-state index is 0.103. The van der Waals surface area contributed by atoms with Gasteiger partial charge in [-0.1, -0.05) is 11.6 Å². The van der Waals surface area contributed by atoms with E-state index in [4.69, 9.17) is 11.6 Å². The van der Waals surface area contributed by atoms with E-state index in [0.717, 1.165) is 10.2 Å². The van der Waals surface area contributed by atoms with Crippen LogP contribution in [0.2, 0.25) is 5.02 Å². The van der Waals surface area contributed by atoms with E-state index in [1.807, 2.05) is 17.5 Å². The standard InChI is InChI=1S/C15H16BrClN2OS/c1-9(14-12(16)6-7-21-14)18-10-4-5-13(17)11(8-10)15(20)19(2)3/h4-9,18H,1-3H3. The minimum Gasteiger partial charge on any atom is -0.378 e. The molecule has 0 saturated carbocycles. The van der Waals surface area contributed by atoms with E-state index in [0.29, 0.717) is 10.6 Å². The number of amides is 1. The Labute approximate surface area is 142 Å². The van der Waals surface area contributed by atoms with Crippen LogP contribution in [0.5, 0.6) is 0 Å². The van der Waals surface area contributed by atoms with Gasteiger partial charge in [0.05, 0.1) is 16.6 Å². The number of hydrogen-bond acceptors (Lipinski definition) is 3. The first-order valence-electron chi connectivity index (χ1n) is 6.40. The number of carbonyl (C=O) groups excluding carboxylic acids is 1. The molecule has 1 heterocycles. The summed E-state index contributed by atoms with van der Waals surface area (Å²) in [5.74, 6) is -0.103. The minimum atomic E-state index is -0.103. The molecule has 0 aliphatic carbocycles. The molecular weight excluding hydrogens is 372 g/mol. The molecule has 0 bridgehead atoms.